The molecule has 0 aliphatic carbocycles. The van der Waals surface area contributed by atoms with Crippen LogP contribution in [-0.4, -0.2) is 375 Å². The summed E-state index contributed by atoms with van der Waals surface area (Å²) in [5.74, 6) is -8.75. The second kappa shape index (κ2) is 61.0. The van der Waals surface area contributed by atoms with Gasteiger partial charge in [0.1, 0.15) is 140 Å². The van der Waals surface area contributed by atoms with Crippen LogP contribution in [0.4, 0.5) is 0 Å². The fraction of sp³-hybridized carbons (Fsp3) is 0.899. The second-order valence-electron chi connectivity index (χ2n) is 35.3. The Kier molecular flexibility index (Phi) is 53.6. The highest BCUT2D eigenvalue weighted by Crippen LogP contribution is 2.42. The number of amides is 4. The lowest BCUT2D eigenvalue weighted by atomic mass is 9.88. The molecule has 6 rings (SSSR count). The number of carbonyl (C=O) groups is 5. The second-order valence-corrected chi connectivity index (χ2v) is 35.3. The molecule has 129 heavy (non-hydrogen) atoms. The Morgan fingerprint density at radius 3 is 1.27 bits per heavy atom. The number of carbonyl (C=O) groups excluding carboxylic acids is 4. The van der Waals surface area contributed by atoms with Crippen molar-refractivity contribution >= 4 is 29.6 Å². The summed E-state index contributed by atoms with van der Waals surface area (Å²) >= 11 is 0. The maximum absolute atomic E-state index is 14.0. The van der Waals surface area contributed by atoms with Gasteiger partial charge in [-0.2, -0.15) is 0 Å². The monoisotopic (exact) mass is 1860 g/mol. The van der Waals surface area contributed by atoms with Gasteiger partial charge in [0.25, 0.3) is 5.79 Å². The van der Waals surface area contributed by atoms with Crippen LogP contribution in [0.1, 0.15) is 259 Å². The molecule has 0 radical (unpaired) electrons. The van der Waals surface area contributed by atoms with Crippen molar-refractivity contribution in [3.8, 4) is 0 Å². The summed E-state index contributed by atoms with van der Waals surface area (Å²) in [5.41, 5.74) is 0. The lowest BCUT2D eigenvalue weighted by Crippen LogP contribution is -2.72. The van der Waals surface area contributed by atoms with Gasteiger partial charge in [0.2, 0.25) is 23.6 Å². The molecule has 23 N–H and O–H groups in total. The van der Waals surface area contributed by atoms with Crippen LogP contribution in [0.15, 0.2) is 24.3 Å². The number of carboxylic acids is 1. The first-order valence-electron chi connectivity index (χ1n) is 47.2. The number of hydrogen-bond donors (Lipinski definition) is 23. The van der Waals surface area contributed by atoms with Gasteiger partial charge in [0.15, 0.2) is 31.5 Å². The molecule has 750 valence electrons. The van der Waals surface area contributed by atoms with E-state index in [1.165, 1.54) is 134 Å². The van der Waals surface area contributed by atoms with E-state index < -0.39 is 284 Å². The number of carboxylic acid groups (broad SMARTS) is 1. The van der Waals surface area contributed by atoms with Crippen molar-refractivity contribution in [3.63, 3.8) is 0 Å². The van der Waals surface area contributed by atoms with Crippen LogP contribution in [0.2, 0.25) is 0 Å². The molecule has 6 heterocycles. The topological polar surface area (TPSA) is 629 Å². The first-order chi connectivity index (χ1) is 61.9. The summed E-state index contributed by atoms with van der Waals surface area (Å²) in [4.78, 5) is 66.2. The van der Waals surface area contributed by atoms with E-state index in [1.807, 2.05) is 0 Å². The van der Waals surface area contributed by atoms with E-state index >= 15 is 0 Å². The van der Waals surface area contributed by atoms with Crippen molar-refractivity contribution in [3.05, 3.63) is 24.3 Å². The zero-order chi connectivity index (χ0) is 94.7. The third kappa shape index (κ3) is 35.9. The zero-order valence-corrected chi connectivity index (χ0v) is 75.9. The summed E-state index contributed by atoms with van der Waals surface area (Å²) in [7, 11) is 0. The number of allylic oxidation sites excluding steroid dienone is 3. The number of nitrogens with one attached hydrogen (secondary N) is 4. The zero-order valence-electron chi connectivity index (χ0n) is 75.9. The Morgan fingerprint density at radius 1 is 0.403 bits per heavy atom. The van der Waals surface area contributed by atoms with Crippen molar-refractivity contribution in [2.75, 3.05) is 46.2 Å². The van der Waals surface area contributed by atoms with Crippen LogP contribution in [0, 0.1) is 0 Å². The molecule has 0 saturated carbocycles. The molecule has 40 heteroatoms. The van der Waals surface area contributed by atoms with Crippen LogP contribution >= 0.6 is 0 Å². The maximum atomic E-state index is 14.0. The van der Waals surface area contributed by atoms with Gasteiger partial charge in [-0.05, 0) is 44.9 Å². The molecule has 6 saturated heterocycles. The Balaban J connectivity index is 1.21. The largest absolute Gasteiger partial charge is 0.477 e. The van der Waals surface area contributed by atoms with Crippen LogP contribution in [0.3, 0.4) is 0 Å². The van der Waals surface area contributed by atoms with E-state index in [-0.39, 0.29) is 6.42 Å². The highest BCUT2D eigenvalue weighted by molar-refractivity contribution is 5.77. The Bertz CT molecular complexity index is 3160. The molecule has 0 spiro atoms. The number of aliphatic hydroxyl groups is 18. The molecule has 40 nitrogen and oxygen atoms in total. The van der Waals surface area contributed by atoms with Crippen molar-refractivity contribution in [1.29, 1.82) is 0 Å². The predicted molar refractivity (Wildman–Crippen MR) is 459 cm³/mol. The summed E-state index contributed by atoms with van der Waals surface area (Å²) in [6.45, 7) is -0.0487. The van der Waals surface area contributed by atoms with Crippen molar-refractivity contribution in [2.45, 2.75) is 461 Å². The fourth-order valence-corrected chi connectivity index (χ4v) is 17.3. The fourth-order valence-electron chi connectivity index (χ4n) is 17.3. The summed E-state index contributed by atoms with van der Waals surface area (Å²) < 4.78 is 72.8. The average molecular weight is 1860 g/mol. The molecule has 6 aliphatic heterocycles. The molecule has 0 aromatic heterocycles. The SMILES string of the molecule is CCCCCCCC/C=C\CCCCCCCCCCCCCCCC(=O)N[C@@H](CO[C@@H]1OC(CO)[C@@H](O[C@@H]2OC(CO)[C@H](O[C@@H]3OC(CO)[C@H](O)[C@H](O[C@@H]4OC(CO)[C@H](O)[C@H](O[C@@H]5OC(CO)[C@H](O)[C@H](O)C5NC(C)=O)C4O)C3NC(C)=O)[C@H](O[C@]3(C(=O)O)CC(O)[C@@H](NC(C)=O)C([C@H](O)[C@H](O)CO)O3)C2O)[C@H](O)C1O)[C@H](O)/C=C/CCCCCCCCCCCCC. The van der Waals surface area contributed by atoms with E-state index in [4.69, 9.17) is 56.8 Å². The highest BCUT2D eigenvalue weighted by atomic mass is 16.8. The first-order valence-corrected chi connectivity index (χ1v) is 47.2. The summed E-state index contributed by atoms with van der Waals surface area (Å²) in [6, 6.07) is -6.71. The Labute approximate surface area is 757 Å². The average Bonchev–Trinajstić information content (AvgIpc) is 0.739. The standard InChI is InChI=1S/C89H158N4O36/c1-6-8-10-12-14-16-18-20-21-22-23-24-25-26-27-28-29-31-33-35-37-39-41-43-64(106)93-55(56(103)42-40-38-36-34-32-30-19-17-15-13-11-9-7-2)51-118-85-74(113)73(112)77(62(49-98)122-85)124-87-76(115)82(129-89(88(116)117)44-57(104)65(90-52(3)100)80(128-89)68(107)58(105)45-94)78(63(50-99)123-87)125-84-67(92-54(5)102)79(70(109)60(47-96)120-84)126-86-75(114)81(71(110)61(48-97)121-86)127-83-66(91-53(4)101)72(111)69(108)59(46-95)119-83/h20-21,40,42,55-63,65-87,94-99,103-105,107-115H,6-19,22-39,41,43-51H2,1-5H3,(H,90,100)(H,91,101)(H,92,102)(H,93,106)(H,116,117)/b21-20-,42-40+/t55-,56+,57?,58+,59?,60?,61?,62?,63?,65+,66?,67?,68+,69-,70-,71-,72+,73+,74?,75?,76?,77+,78-,79+,80?,81-,82+,83-,84-,85+,86-,87-,89-/m0/s1. The molecule has 0 bridgehead atoms. The molecule has 6 fully saturated rings. The van der Waals surface area contributed by atoms with Crippen molar-refractivity contribution < 1.29 is 178 Å². The van der Waals surface area contributed by atoms with Gasteiger partial charge in [-0.15, -0.1) is 0 Å². The quantitative estimate of drug-likeness (QED) is 0.0277. The smallest absolute Gasteiger partial charge is 0.364 e. The molecule has 4 amide bonds. The number of aliphatic hydroxyl groups excluding tert-OH is 18. The predicted octanol–water partition coefficient (Wildman–Crippen LogP) is -0.178. The van der Waals surface area contributed by atoms with Gasteiger partial charge in [0.05, 0.1) is 70.5 Å². The van der Waals surface area contributed by atoms with Crippen LogP contribution in [0.5, 0.6) is 0 Å². The van der Waals surface area contributed by atoms with Gasteiger partial charge in [-0.3, -0.25) is 19.2 Å². The minimum Gasteiger partial charge on any atom is -0.477 e. The minimum atomic E-state index is -3.45. The Hall–Kier alpha value is -4.37. The van der Waals surface area contributed by atoms with E-state index in [0.29, 0.717) is 12.8 Å². The molecule has 0 aromatic carbocycles. The van der Waals surface area contributed by atoms with Crippen LogP contribution < -0.4 is 21.3 Å². The summed E-state index contributed by atoms with van der Waals surface area (Å²) in [5, 5.41) is 225. The van der Waals surface area contributed by atoms with Gasteiger partial charge in [-0.1, -0.05) is 205 Å². The third-order valence-corrected chi connectivity index (χ3v) is 24.8. The Morgan fingerprint density at radius 2 is 0.791 bits per heavy atom. The molecule has 0 aromatic rings. The van der Waals surface area contributed by atoms with Gasteiger partial charge < -0.3 is 175 Å². The molecular weight excluding hydrogens is 1700 g/mol. The number of rotatable bonds is 63. The lowest BCUT2D eigenvalue weighted by molar-refractivity contribution is -0.404. The van der Waals surface area contributed by atoms with E-state index in [9.17, 15) is 121 Å². The van der Waals surface area contributed by atoms with Gasteiger partial charge in [0, 0.05) is 33.6 Å². The van der Waals surface area contributed by atoms with Crippen molar-refractivity contribution in [1.82, 2.24) is 21.3 Å². The first kappa shape index (κ1) is 113. The number of aliphatic carboxylic acids is 1. The lowest BCUT2D eigenvalue weighted by Gasteiger charge is -2.53. The number of hydrogen-bond acceptors (Lipinski definition) is 35. The maximum Gasteiger partial charge on any atom is 0.364 e. The molecule has 6 aliphatic rings. The number of unbranched alkanes of at least 4 members (excludes halogenated alkanes) is 30. The van der Waals surface area contributed by atoms with E-state index in [1.54, 1.807) is 6.08 Å². The molecule has 33 atom stereocenters. The molecule has 12 unspecified atom stereocenters. The van der Waals surface area contributed by atoms with E-state index in [0.717, 1.165) is 91.4 Å². The van der Waals surface area contributed by atoms with Crippen molar-refractivity contribution in [2.24, 2.45) is 0 Å². The van der Waals surface area contributed by atoms with Gasteiger partial charge in [-0.25, -0.2) is 4.79 Å². The van der Waals surface area contributed by atoms with Gasteiger partial charge >= 0.3 is 5.97 Å². The van der Waals surface area contributed by atoms with Crippen LogP contribution in [-0.2, 0) is 80.8 Å². The highest BCUT2D eigenvalue weighted by Gasteiger charge is 2.63. The molecular formula is C89H158N4O36. The normalized spacial score (nSPS) is 34.3. The van der Waals surface area contributed by atoms with E-state index in [2.05, 4.69) is 47.3 Å². The summed E-state index contributed by atoms with van der Waals surface area (Å²) in [6.07, 6.45) is -14.6. The minimum absolute atomic E-state index is 0.109. The van der Waals surface area contributed by atoms with Crippen LogP contribution in [0.25, 0.3) is 0 Å². The number of ether oxygens (including phenoxy) is 12. The third-order valence-electron chi connectivity index (χ3n) is 24.8.